The number of aromatic nitrogens is 2. The van der Waals surface area contributed by atoms with E-state index in [1.165, 1.54) is 0 Å². The second kappa shape index (κ2) is 6.10. The summed E-state index contributed by atoms with van der Waals surface area (Å²) in [6, 6.07) is 7.69. The minimum atomic E-state index is -0.0169. The Morgan fingerprint density at radius 1 is 1.45 bits per heavy atom. The maximum absolute atomic E-state index is 12.9. The highest BCUT2D eigenvalue weighted by molar-refractivity contribution is 6.33. The fraction of sp³-hybridized carbons (Fsp3) is 0.375. The van der Waals surface area contributed by atoms with Crippen LogP contribution in [-0.4, -0.2) is 46.8 Å². The van der Waals surface area contributed by atoms with E-state index < -0.39 is 0 Å². The number of carbonyl (C=O) groups is 1. The molecule has 2 heterocycles. The van der Waals surface area contributed by atoms with Crippen molar-refractivity contribution in [3.63, 3.8) is 0 Å². The highest BCUT2D eigenvalue weighted by Gasteiger charge is 2.27. The fourth-order valence-electron chi connectivity index (χ4n) is 2.82. The summed E-state index contributed by atoms with van der Waals surface area (Å²) < 4.78 is 1.66. The second-order valence-electron chi connectivity index (χ2n) is 5.61. The number of benzene rings is 1. The molecule has 0 radical (unpaired) electrons. The molecule has 22 heavy (non-hydrogen) atoms. The van der Waals surface area contributed by atoms with Crippen molar-refractivity contribution in [2.75, 3.05) is 20.1 Å². The molecule has 0 spiro atoms. The molecule has 1 aliphatic heterocycles. The van der Waals surface area contributed by atoms with Gasteiger partial charge < -0.3 is 10.2 Å². The monoisotopic (exact) mass is 318 g/mol. The van der Waals surface area contributed by atoms with Crippen molar-refractivity contribution in [1.29, 1.82) is 0 Å². The lowest BCUT2D eigenvalue weighted by molar-refractivity contribution is 0.0744. The predicted molar refractivity (Wildman–Crippen MR) is 87.0 cm³/mol. The molecule has 0 saturated carbocycles. The van der Waals surface area contributed by atoms with Crippen molar-refractivity contribution < 1.29 is 4.79 Å². The lowest BCUT2D eigenvalue weighted by Crippen LogP contribution is -2.38. The second-order valence-corrected chi connectivity index (χ2v) is 6.01. The van der Waals surface area contributed by atoms with E-state index in [0.717, 1.165) is 25.1 Å². The summed E-state index contributed by atoms with van der Waals surface area (Å²) in [5.41, 5.74) is 2.01. The number of hydrogen-bond donors (Lipinski definition) is 1. The fourth-order valence-corrected chi connectivity index (χ4v) is 3.05. The Labute approximate surface area is 134 Å². The third-order valence-electron chi connectivity index (χ3n) is 4.09. The van der Waals surface area contributed by atoms with Crippen molar-refractivity contribution in [2.24, 2.45) is 7.05 Å². The van der Waals surface area contributed by atoms with E-state index in [1.807, 2.05) is 38.4 Å². The zero-order valence-electron chi connectivity index (χ0n) is 12.7. The molecule has 0 bridgehead atoms. The Morgan fingerprint density at radius 3 is 2.91 bits per heavy atom. The average Bonchev–Trinajstić information content (AvgIpc) is 3.15. The van der Waals surface area contributed by atoms with Gasteiger partial charge in [0.1, 0.15) is 5.69 Å². The minimum absolute atomic E-state index is 0.0169. The molecule has 3 rings (SSSR count). The van der Waals surface area contributed by atoms with Crippen molar-refractivity contribution in [1.82, 2.24) is 20.0 Å². The SMILES string of the molecule is CN(C(=O)c1cn(C)nc1-c1ccccc1Cl)[C@@H]1CCNC1. The minimum Gasteiger partial charge on any atom is -0.337 e. The molecular weight excluding hydrogens is 300 g/mol. The van der Waals surface area contributed by atoms with Crippen molar-refractivity contribution >= 4 is 17.5 Å². The normalized spacial score (nSPS) is 17.7. The molecule has 0 aliphatic carbocycles. The first-order valence-electron chi connectivity index (χ1n) is 7.34. The number of aryl methyl sites for hydroxylation is 1. The molecule has 116 valence electrons. The third kappa shape index (κ3) is 2.74. The smallest absolute Gasteiger partial charge is 0.257 e. The topological polar surface area (TPSA) is 50.2 Å². The first-order valence-corrected chi connectivity index (χ1v) is 7.72. The molecule has 1 N–H and O–H groups in total. The van der Waals surface area contributed by atoms with Gasteiger partial charge in [-0.3, -0.25) is 9.48 Å². The zero-order chi connectivity index (χ0) is 15.7. The van der Waals surface area contributed by atoms with Crippen LogP contribution in [0.15, 0.2) is 30.5 Å². The Bertz CT molecular complexity index is 691. The third-order valence-corrected chi connectivity index (χ3v) is 4.42. The molecule has 6 heteroatoms. The molecule has 1 aliphatic rings. The van der Waals surface area contributed by atoms with E-state index in [-0.39, 0.29) is 11.9 Å². The van der Waals surface area contributed by atoms with Gasteiger partial charge >= 0.3 is 0 Å². The maximum Gasteiger partial charge on any atom is 0.257 e. The predicted octanol–water partition coefficient (Wildman–Crippen LogP) is 2.17. The van der Waals surface area contributed by atoms with Crippen LogP contribution < -0.4 is 5.32 Å². The van der Waals surface area contributed by atoms with Gasteiger partial charge in [0.25, 0.3) is 5.91 Å². The van der Waals surface area contributed by atoms with Crippen molar-refractivity contribution in [2.45, 2.75) is 12.5 Å². The van der Waals surface area contributed by atoms with Crippen LogP contribution in [0, 0.1) is 0 Å². The molecule has 1 aromatic heterocycles. The number of likely N-dealkylation sites (N-methyl/N-ethyl adjacent to an activating group) is 1. The van der Waals surface area contributed by atoms with Crippen LogP contribution in [-0.2, 0) is 7.05 Å². The van der Waals surface area contributed by atoms with Crippen LogP contribution in [0.4, 0.5) is 0 Å². The first kappa shape index (κ1) is 15.1. The Kier molecular flexibility index (Phi) is 4.18. The number of halogens is 1. The van der Waals surface area contributed by atoms with Crippen LogP contribution in [0.3, 0.4) is 0 Å². The highest BCUT2D eigenvalue weighted by Crippen LogP contribution is 2.29. The van der Waals surface area contributed by atoms with E-state index >= 15 is 0 Å². The quantitative estimate of drug-likeness (QED) is 0.943. The van der Waals surface area contributed by atoms with Gasteiger partial charge in [-0.25, -0.2) is 0 Å². The number of nitrogens with one attached hydrogen (secondary N) is 1. The summed E-state index contributed by atoms with van der Waals surface area (Å²) in [6.07, 6.45) is 2.74. The maximum atomic E-state index is 12.9. The largest absolute Gasteiger partial charge is 0.337 e. The van der Waals surface area contributed by atoms with Gasteiger partial charge in [-0.15, -0.1) is 0 Å². The van der Waals surface area contributed by atoms with Gasteiger partial charge in [-0.1, -0.05) is 29.8 Å². The number of amides is 1. The molecular formula is C16H19ClN4O. The van der Waals surface area contributed by atoms with Gasteiger partial charge in [0.05, 0.1) is 10.6 Å². The van der Waals surface area contributed by atoms with Crippen LogP contribution in [0.5, 0.6) is 0 Å². The number of nitrogens with zero attached hydrogens (tertiary/aromatic N) is 3. The van der Waals surface area contributed by atoms with E-state index in [9.17, 15) is 4.79 Å². The Morgan fingerprint density at radius 2 is 2.23 bits per heavy atom. The average molecular weight is 319 g/mol. The molecule has 1 atom stereocenters. The summed E-state index contributed by atoms with van der Waals surface area (Å²) in [4.78, 5) is 14.7. The van der Waals surface area contributed by atoms with E-state index in [1.54, 1.807) is 15.8 Å². The van der Waals surface area contributed by atoms with E-state index in [2.05, 4.69) is 10.4 Å². The lowest BCUT2D eigenvalue weighted by Gasteiger charge is -2.23. The van der Waals surface area contributed by atoms with E-state index in [4.69, 9.17) is 11.6 Å². The van der Waals surface area contributed by atoms with Gasteiger partial charge in [-0.2, -0.15) is 5.10 Å². The van der Waals surface area contributed by atoms with Crippen LogP contribution >= 0.6 is 11.6 Å². The first-order chi connectivity index (χ1) is 10.6. The van der Waals surface area contributed by atoms with E-state index in [0.29, 0.717) is 16.3 Å². The van der Waals surface area contributed by atoms with Gasteiger partial charge in [-0.05, 0) is 19.0 Å². The summed E-state index contributed by atoms with van der Waals surface area (Å²) in [5, 5.41) is 8.32. The highest BCUT2D eigenvalue weighted by atomic mass is 35.5. The molecule has 1 saturated heterocycles. The summed E-state index contributed by atoms with van der Waals surface area (Å²) in [7, 11) is 3.66. The number of hydrogen-bond acceptors (Lipinski definition) is 3. The van der Waals surface area contributed by atoms with Gasteiger partial charge in [0.2, 0.25) is 0 Å². The lowest BCUT2D eigenvalue weighted by atomic mass is 10.1. The molecule has 5 nitrogen and oxygen atoms in total. The molecule has 1 amide bonds. The van der Waals surface area contributed by atoms with Crippen LogP contribution in [0.25, 0.3) is 11.3 Å². The summed E-state index contributed by atoms with van der Waals surface area (Å²) in [5.74, 6) is -0.0169. The van der Waals surface area contributed by atoms with Gasteiger partial charge in [0.15, 0.2) is 0 Å². The zero-order valence-corrected chi connectivity index (χ0v) is 13.5. The molecule has 1 fully saturated rings. The standard InChI is InChI=1S/C16H19ClN4O/c1-20-10-13(16(22)21(2)11-7-8-18-9-11)15(19-20)12-5-3-4-6-14(12)17/h3-6,10-11,18H,7-9H2,1-2H3/t11-/m1/s1. The van der Waals surface area contributed by atoms with Gasteiger partial charge in [0, 0.05) is 38.4 Å². The molecule has 2 aromatic rings. The summed E-state index contributed by atoms with van der Waals surface area (Å²) in [6.45, 7) is 1.79. The number of rotatable bonds is 3. The molecule has 1 aromatic carbocycles. The summed E-state index contributed by atoms with van der Waals surface area (Å²) >= 11 is 6.27. The Balaban J connectivity index is 1.97. The Hall–Kier alpha value is -1.85. The van der Waals surface area contributed by atoms with Crippen LogP contribution in [0.1, 0.15) is 16.8 Å². The van der Waals surface area contributed by atoms with Crippen molar-refractivity contribution in [3.05, 3.63) is 41.0 Å². The van der Waals surface area contributed by atoms with Crippen molar-refractivity contribution in [3.8, 4) is 11.3 Å². The number of carbonyl (C=O) groups excluding carboxylic acids is 1. The van der Waals surface area contributed by atoms with Crippen LogP contribution in [0.2, 0.25) is 5.02 Å². The molecule has 0 unspecified atom stereocenters.